The number of allylic oxidation sites excluding steroid dienone is 4. The van der Waals surface area contributed by atoms with Crippen LogP contribution in [-0.4, -0.2) is 78.4 Å². The Balaban J connectivity index is 2.32. The Morgan fingerprint density at radius 3 is 1.66 bits per heavy atom. The van der Waals surface area contributed by atoms with Crippen molar-refractivity contribution < 1.29 is 37.9 Å². The highest BCUT2D eigenvalue weighted by molar-refractivity contribution is 7.99. The minimum absolute atomic E-state index is 0.0585. The maximum Gasteiger partial charge on any atom is 0.472 e. The van der Waals surface area contributed by atoms with Gasteiger partial charge in [-0.25, -0.2) is 9.55 Å². The first-order chi connectivity index (χ1) is 29.9. The van der Waals surface area contributed by atoms with Crippen LogP contribution in [0.5, 0.6) is 0 Å². The second-order valence-electron chi connectivity index (χ2n) is 16.4. The highest BCUT2D eigenvalue weighted by Gasteiger charge is 2.25. The first-order valence-corrected chi connectivity index (χ1v) is 27.0. The van der Waals surface area contributed by atoms with Gasteiger partial charge in [0.1, 0.15) is 12.1 Å². The predicted molar refractivity (Wildman–Crippen MR) is 256 cm³/mol. The van der Waals surface area contributed by atoms with E-state index in [1.807, 2.05) is 12.1 Å². The molecule has 1 rings (SSSR count). The molecular formula is C49H89N2O8PS. The van der Waals surface area contributed by atoms with E-state index in [0.717, 1.165) is 37.1 Å². The third-order valence-corrected chi connectivity index (χ3v) is 12.6. The maximum atomic E-state index is 12.7. The van der Waals surface area contributed by atoms with E-state index in [2.05, 4.69) is 48.5 Å². The Bertz CT molecular complexity index is 1210. The van der Waals surface area contributed by atoms with Crippen molar-refractivity contribution in [1.82, 2.24) is 10.3 Å². The smallest absolute Gasteiger partial charge is 0.472 e. The number of nitrogens with one attached hydrogen (secondary N) is 1. The van der Waals surface area contributed by atoms with E-state index in [1.54, 1.807) is 12.3 Å². The number of pyridine rings is 1. The van der Waals surface area contributed by atoms with Crippen molar-refractivity contribution >= 4 is 25.6 Å². The van der Waals surface area contributed by atoms with Crippen molar-refractivity contribution in [3.05, 3.63) is 48.7 Å². The molecule has 0 aliphatic heterocycles. The molecular weight excluding hydrogens is 808 g/mol. The number of unbranched alkanes of at least 4 members (excludes halogenated alkanes) is 24. The lowest BCUT2D eigenvalue weighted by atomic mass is 10.1. The fraction of sp³-hybridized carbons (Fsp3) is 0.796. The number of phosphoric ester groups is 1. The number of aromatic nitrogens is 1. The molecule has 3 N–H and O–H groups in total. The van der Waals surface area contributed by atoms with E-state index < -0.39 is 25.9 Å². The minimum atomic E-state index is -4.40. The minimum Gasteiger partial charge on any atom is -0.480 e. The largest absolute Gasteiger partial charge is 0.480 e. The summed E-state index contributed by atoms with van der Waals surface area (Å²) in [4.78, 5) is 26.3. The number of aliphatic carboxylic acids is 1. The number of nitrogens with zero attached hydrogens (tertiary/aromatic N) is 1. The maximum absolute atomic E-state index is 12.7. The molecule has 0 aromatic carbocycles. The number of phosphoric acid groups is 1. The lowest BCUT2D eigenvalue weighted by Crippen LogP contribution is -2.40. The molecule has 3 atom stereocenters. The van der Waals surface area contributed by atoms with Gasteiger partial charge in [0.25, 0.3) is 0 Å². The lowest BCUT2D eigenvalue weighted by molar-refractivity contribution is -0.138. The Morgan fingerprint density at radius 1 is 0.672 bits per heavy atom. The van der Waals surface area contributed by atoms with Crippen LogP contribution in [0.15, 0.2) is 53.7 Å². The van der Waals surface area contributed by atoms with E-state index in [-0.39, 0.29) is 32.1 Å². The molecule has 0 saturated carbocycles. The van der Waals surface area contributed by atoms with Gasteiger partial charge in [-0.3, -0.25) is 13.8 Å². The van der Waals surface area contributed by atoms with Crippen molar-refractivity contribution in [2.45, 2.75) is 211 Å². The third-order valence-electron chi connectivity index (χ3n) is 10.6. The molecule has 0 fully saturated rings. The summed E-state index contributed by atoms with van der Waals surface area (Å²) in [5.74, 6) is -0.779. The Morgan fingerprint density at radius 2 is 1.16 bits per heavy atom. The van der Waals surface area contributed by atoms with Crippen LogP contribution < -0.4 is 5.32 Å². The third kappa shape index (κ3) is 39.7. The van der Waals surface area contributed by atoms with Crippen molar-refractivity contribution in [3.8, 4) is 0 Å². The highest BCUT2D eigenvalue weighted by Crippen LogP contribution is 2.43. The number of thioether (sulfide) groups is 1. The first-order valence-electron chi connectivity index (χ1n) is 24.5. The second kappa shape index (κ2) is 43.7. The molecule has 1 aromatic rings. The predicted octanol–water partition coefficient (Wildman–Crippen LogP) is 13.8. The normalized spacial score (nSPS) is 14.0. The van der Waals surface area contributed by atoms with E-state index in [1.165, 1.54) is 159 Å². The fourth-order valence-electron chi connectivity index (χ4n) is 6.84. The van der Waals surface area contributed by atoms with Gasteiger partial charge in [-0.1, -0.05) is 160 Å². The zero-order valence-corrected chi connectivity index (χ0v) is 40.4. The van der Waals surface area contributed by atoms with Gasteiger partial charge in [-0.05, 0) is 76.3 Å². The average Bonchev–Trinajstić information content (AvgIpc) is 3.25. The molecule has 10 nitrogen and oxygen atoms in total. The number of carboxylic acids is 1. The van der Waals surface area contributed by atoms with Gasteiger partial charge in [0, 0.05) is 31.7 Å². The van der Waals surface area contributed by atoms with Crippen molar-refractivity contribution in [3.63, 3.8) is 0 Å². The monoisotopic (exact) mass is 897 g/mol. The van der Waals surface area contributed by atoms with Gasteiger partial charge < -0.3 is 24.8 Å². The van der Waals surface area contributed by atoms with Crippen molar-refractivity contribution in [1.29, 1.82) is 0 Å². The quantitative estimate of drug-likeness (QED) is 0.0250. The molecule has 1 heterocycles. The van der Waals surface area contributed by atoms with E-state index in [0.29, 0.717) is 13.2 Å². The Hall–Kier alpha value is -1.56. The Labute approximate surface area is 377 Å². The van der Waals surface area contributed by atoms with Gasteiger partial charge in [0.05, 0.1) is 24.8 Å². The van der Waals surface area contributed by atoms with Crippen LogP contribution in [0.2, 0.25) is 0 Å². The molecule has 0 aliphatic carbocycles. The molecule has 61 heavy (non-hydrogen) atoms. The lowest BCUT2D eigenvalue weighted by Gasteiger charge is -2.20. The van der Waals surface area contributed by atoms with Gasteiger partial charge in [-0.2, -0.15) is 0 Å². The van der Waals surface area contributed by atoms with Crippen LogP contribution in [0.4, 0.5) is 0 Å². The summed E-state index contributed by atoms with van der Waals surface area (Å²) in [6, 6.07) is 4.57. The summed E-state index contributed by atoms with van der Waals surface area (Å²) in [5, 5.41) is 13.2. The van der Waals surface area contributed by atoms with Crippen LogP contribution in [-0.2, 0) is 27.9 Å². The van der Waals surface area contributed by atoms with Gasteiger partial charge in [-0.15, -0.1) is 11.8 Å². The number of carbonyl (C=O) groups is 1. The average molecular weight is 897 g/mol. The highest BCUT2D eigenvalue weighted by atomic mass is 32.2. The first kappa shape index (κ1) is 57.5. The van der Waals surface area contributed by atoms with Crippen LogP contribution in [0.25, 0.3) is 0 Å². The number of hydrogen-bond acceptors (Lipinski definition) is 9. The zero-order valence-electron chi connectivity index (χ0n) is 38.7. The second-order valence-corrected chi connectivity index (χ2v) is 18.9. The molecule has 0 aliphatic rings. The van der Waals surface area contributed by atoms with E-state index in [4.69, 9.17) is 18.5 Å². The topological polar surface area (TPSA) is 136 Å². The summed E-state index contributed by atoms with van der Waals surface area (Å²) < 4.78 is 35.3. The van der Waals surface area contributed by atoms with Gasteiger partial charge in [0.15, 0.2) is 0 Å². The summed E-state index contributed by atoms with van der Waals surface area (Å²) in [5.41, 5.74) is 0. The van der Waals surface area contributed by atoms with Gasteiger partial charge in [0.2, 0.25) is 0 Å². The van der Waals surface area contributed by atoms with Gasteiger partial charge >= 0.3 is 13.8 Å². The SMILES string of the molecule is CCCCCCCC/C=C\CCCCCCCCOC[C@H](COP(=O)(O)OCCNC(CSc1ccccn1)C(=O)O)OCCCCCCCC/C=C\CCCCCCCC. The standard InChI is InChI=1S/C49H89N2O8PS/c1-3-5-7-9-11-13-15-17-19-21-23-25-27-29-31-35-40-56-43-46(57-41-36-32-30-28-26-24-22-20-18-16-14-12-10-8-6-4-2)44-59-60(54,55)58-42-39-50-47(49(52)53)45-61-48-37-33-34-38-51-48/h17-20,33-34,37-38,46-47,50H,3-16,21-32,35-36,39-45H2,1-2H3,(H,52,53)(H,54,55)/b19-17-,20-18-/t46-,47?/m1/s1. The van der Waals surface area contributed by atoms with Crippen molar-refractivity contribution in [2.75, 3.05) is 45.3 Å². The molecule has 354 valence electrons. The molecule has 0 spiro atoms. The molecule has 0 radical (unpaired) electrons. The Kier molecular flexibility index (Phi) is 41.1. The fourth-order valence-corrected chi connectivity index (χ4v) is 8.50. The molecule has 12 heteroatoms. The van der Waals surface area contributed by atoms with Crippen molar-refractivity contribution in [2.24, 2.45) is 0 Å². The molecule has 0 saturated heterocycles. The molecule has 2 unspecified atom stereocenters. The molecule has 1 aromatic heterocycles. The summed E-state index contributed by atoms with van der Waals surface area (Å²) in [6.45, 7) is 5.66. The van der Waals surface area contributed by atoms with Crippen LogP contribution in [0.3, 0.4) is 0 Å². The van der Waals surface area contributed by atoms with E-state index in [9.17, 15) is 19.4 Å². The van der Waals surface area contributed by atoms with E-state index >= 15 is 0 Å². The number of ether oxygens (including phenoxy) is 2. The summed E-state index contributed by atoms with van der Waals surface area (Å²) in [6.07, 6.45) is 45.5. The van der Waals surface area contributed by atoms with Crippen LogP contribution in [0.1, 0.15) is 194 Å². The number of rotatable bonds is 47. The number of carboxylic acid groups (broad SMARTS) is 1. The zero-order chi connectivity index (χ0) is 44.2. The molecule has 0 bridgehead atoms. The summed E-state index contributed by atoms with van der Waals surface area (Å²) >= 11 is 1.32. The summed E-state index contributed by atoms with van der Waals surface area (Å²) in [7, 11) is -4.40. The molecule has 0 amide bonds. The number of hydrogen-bond donors (Lipinski definition) is 3. The van der Waals surface area contributed by atoms with Crippen LogP contribution in [0, 0.1) is 0 Å². The van der Waals surface area contributed by atoms with Crippen LogP contribution >= 0.6 is 19.6 Å².